The first-order valence-corrected chi connectivity index (χ1v) is 6.72. The van der Waals surface area contributed by atoms with Crippen LogP contribution in [0, 0.1) is 0 Å². The summed E-state index contributed by atoms with van der Waals surface area (Å²) in [5, 5.41) is 9.00. The number of hydrogen-bond donors (Lipinski definition) is 1. The van der Waals surface area contributed by atoms with E-state index in [-0.39, 0.29) is 32.8 Å². The maximum atomic E-state index is 11.3. The Morgan fingerprint density at radius 3 is 1.45 bits per heavy atom. The third-order valence-corrected chi connectivity index (χ3v) is 2.89. The second kappa shape index (κ2) is 11.9. The number of rotatable bonds is 11. The normalized spacial score (nSPS) is 10.6. The Morgan fingerprint density at radius 1 is 0.727 bits per heavy atom. The van der Waals surface area contributed by atoms with Crippen molar-refractivity contribution in [1.82, 2.24) is 9.80 Å². The summed E-state index contributed by atoms with van der Waals surface area (Å²) >= 11 is 0. The van der Waals surface area contributed by atoms with Gasteiger partial charge in [0.05, 0.1) is 47.6 Å². The van der Waals surface area contributed by atoms with E-state index in [0.29, 0.717) is 13.1 Å². The number of hydrogen-bond acceptors (Lipinski definition) is 9. The Labute approximate surface area is 129 Å². The fraction of sp³-hybridized carbons (Fsp3) is 0.769. The zero-order valence-corrected chi connectivity index (χ0v) is 13.2. The molecule has 0 fully saturated rings. The first kappa shape index (κ1) is 20.3. The summed E-state index contributed by atoms with van der Waals surface area (Å²) in [5.74, 6) is -1.39. The number of nitrogens with zero attached hydrogens (tertiary/aromatic N) is 2. The van der Waals surface area contributed by atoms with Gasteiger partial charge in [0.2, 0.25) is 0 Å². The van der Waals surface area contributed by atoms with E-state index in [4.69, 9.17) is 5.11 Å². The van der Waals surface area contributed by atoms with E-state index in [1.165, 1.54) is 21.3 Å². The molecule has 9 nitrogen and oxygen atoms in total. The van der Waals surface area contributed by atoms with Gasteiger partial charge < -0.3 is 19.3 Å². The summed E-state index contributed by atoms with van der Waals surface area (Å²) in [6, 6.07) is 0. The van der Waals surface area contributed by atoms with Gasteiger partial charge in [-0.15, -0.1) is 0 Å². The lowest BCUT2D eigenvalue weighted by atomic mass is 10.4. The van der Waals surface area contributed by atoms with Crippen LogP contribution in [0.15, 0.2) is 0 Å². The van der Waals surface area contributed by atoms with Crippen LogP contribution in [0.5, 0.6) is 0 Å². The maximum Gasteiger partial charge on any atom is 0.319 e. The molecule has 1 N–H and O–H groups in total. The summed E-state index contributed by atoms with van der Waals surface area (Å²) in [6.45, 7) is 0.712. The number of esters is 3. The molecule has 0 radical (unpaired) electrons. The molecule has 0 amide bonds. The van der Waals surface area contributed by atoms with Gasteiger partial charge in [0.1, 0.15) is 0 Å². The molecule has 0 aromatic carbocycles. The lowest BCUT2D eigenvalue weighted by Crippen LogP contribution is -2.43. The molecule has 0 saturated heterocycles. The predicted octanol–water partition coefficient (Wildman–Crippen LogP) is -1.90. The van der Waals surface area contributed by atoms with E-state index in [1.807, 2.05) is 0 Å². The van der Waals surface area contributed by atoms with Crippen molar-refractivity contribution in [3.8, 4) is 0 Å². The van der Waals surface area contributed by atoms with Crippen molar-refractivity contribution in [3.63, 3.8) is 0 Å². The molecule has 0 unspecified atom stereocenters. The number of aliphatic hydroxyl groups is 1. The summed E-state index contributed by atoms with van der Waals surface area (Å²) < 4.78 is 13.7. The van der Waals surface area contributed by atoms with Gasteiger partial charge in [0.25, 0.3) is 0 Å². The highest BCUT2D eigenvalue weighted by Crippen LogP contribution is 1.96. The van der Waals surface area contributed by atoms with Crippen LogP contribution in [-0.4, -0.2) is 100 Å². The van der Waals surface area contributed by atoms with Crippen LogP contribution < -0.4 is 0 Å². The minimum atomic E-state index is -0.481. The van der Waals surface area contributed by atoms with E-state index >= 15 is 0 Å². The topological polar surface area (TPSA) is 106 Å². The Bertz CT molecular complexity index is 344. The molecule has 0 saturated carbocycles. The van der Waals surface area contributed by atoms with Gasteiger partial charge in [-0.1, -0.05) is 0 Å². The van der Waals surface area contributed by atoms with Crippen LogP contribution in [0.1, 0.15) is 0 Å². The van der Waals surface area contributed by atoms with Crippen molar-refractivity contribution < 1.29 is 33.7 Å². The molecule has 0 aromatic rings. The van der Waals surface area contributed by atoms with Gasteiger partial charge in [-0.3, -0.25) is 24.2 Å². The molecule has 0 aromatic heterocycles. The summed E-state index contributed by atoms with van der Waals surface area (Å²) in [6.07, 6.45) is 0. The van der Waals surface area contributed by atoms with Crippen molar-refractivity contribution in [2.75, 3.05) is 67.2 Å². The molecule has 22 heavy (non-hydrogen) atoms. The highest BCUT2D eigenvalue weighted by molar-refractivity contribution is 5.74. The van der Waals surface area contributed by atoms with Crippen molar-refractivity contribution >= 4 is 17.9 Å². The average Bonchev–Trinajstić information content (AvgIpc) is 2.51. The first-order valence-electron chi connectivity index (χ1n) is 6.72. The molecule has 0 atom stereocenters. The lowest BCUT2D eigenvalue weighted by Gasteiger charge is -2.25. The van der Waals surface area contributed by atoms with Gasteiger partial charge in [-0.2, -0.15) is 0 Å². The Kier molecular flexibility index (Phi) is 11.0. The average molecular weight is 320 g/mol. The summed E-state index contributed by atoms with van der Waals surface area (Å²) in [4.78, 5) is 37.2. The van der Waals surface area contributed by atoms with Crippen molar-refractivity contribution in [2.24, 2.45) is 0 Å². The van der Waals surface area contributed by atoms with Gasteiger partial charge in [-0.25, -0.2) is 0 Å². The highest BCUT2D eigenvalue weighted by Gasteiger charge is 2.17. The van der Waals surface area contributed by atoms with Crippen LogP contribution in [-0.2, 0) is 28.6 Å². The largest absolute Gasteiger partial charge is 0.468 e. The molecular weight excluding hydrogens is 296 g/mol. The van der Waals surface area contributed by atoms with Crippen molar-refractivity contribution in [2.45, 2.75) is 0 Å². The van der Waals surface area contributed by atoms with Crippen LogP contribution in [0.3, 0.4) is 0 Å². The number of carbonyl (C=O) groups excluding carboxylic acids is 3. The van der Waals surface area contributed by atoms with E-state index in [0.717, 1.165) is 0 Å². The smallest absolute Gasteiger partial charge is 0.319 e. The Hall–Kier alpha value is -1.71. The second-order valence-corrected chi connectivity index (χ2v) is 4.44. The number of methoxy groups -OCH3 is 3. The van der Waals surface area contributed by atoms with Crippen molar-refractivity contribution in [3.05, 3.63) is 0 Å². The molecule has 0 aliphatic heterocycles. The van der Waals surface area contributed by atoms with Gasteiger partial charge >= 0.3 is 17.9 Å². The maximum absolute atomic E-state index is 11.3. The molecule has 0 aliphatic carbocycles. The van der Waals surface area contributed by atoms with Crippen LogP contribution >= 0.6 is 0 Å². The summed E-state index contributed by atoms with van der Waals surface area (Å²) in [7, 11) is 3.79. The van der Waals surface area contributed by atoms with Gasteiger partial charge in [0.15, 0.2) is 0 Å². The number of carbonyl (C=O) groups is 3. The van der Waals surface area contributed by atoms with Crippen LogP contribution in [0.25, 0.3) is 0 Å². The molecule has 0 bridgehead atoms. The van der Waals surface area contributed by atoms with Crippen LogP contribution in [0.4, 0.5) is 0 Å². The predicted molar refractivity (Wildman–Crippen MR) is 76.0 cm³/mol. The quantitative estimate of drug-likeness (QED) is 0.345. The molecule has 0 aliphatic rings. The minimum Gasteiger partial charge on any atom is -0.468 e. The third kappa shape index (κ3) is 9.27. The Morgan fingerprint density at radius 2 is 1.09 bits per heavy atom. The molecule has 128 valence electrons. The van der Waals surface area contributed by atoms with E-state index in [1.54, 1.807) is 9.80 Å². The molecular formula is C13H24N2O7. The Balaban J connectivity index is 4.55. The highest BCUT2D eigenvalue weighted by atomic mass is 16.5. The minimum absolute atomic E-state index is 0.0152. The first-order chi connectivity index (χ1) is 10.5. The monoisotopic (exact) mass is 320 g/mol. The second-order valence-electron chi connectivity index (χ2n) is 4.44. The van der Waals surface area contributed by atoms with E-state index < -0.39 is 17.9 Å². The van der Waals surface area contributed by atoms with E-state index in [2.05, 4.69) is 14.2 Å². The lowest BCUT2D eigenvalue weighted by molar-refractivity contribution is -0.146. The van der Waals surface area contributed by atoms with Crippen molar-refractivity contribution in [1.29, 1.82) is 0 Å². The van der Waals surface area contributed by atoms with Crippen LogP contribution in [0.2, 0.25) is 0 Å². The standard InChI is InChI=1S/C13H24N2O7/c1-20-11(17)8-14(6-7-16)4-5-15(9-12(18)21-2)10-13(19)22-3/h16H,4-10H2,1-3H3. The zero-order chi connectivity index (χ0) is 17.0. The van der Waals surface area contributed by atoms with Gasteiger partial charge in [-0.05, 0) is 0 Å². The third-order valence-electron chi connectivity index (χ3n) is 2.89. The SMILES string of the molecule is COC(=O)CN(CCO)CCN(CC(=O)OC)CC(=O)OC. The number of ether oxygens (including phenoxy) is 3. The molecule has 0 rings (SSSR count). The fourth-order valence-electron chi connectivity index (χ4n) is 1.65. The number of aliphatic hydroxyl groups excluding tert-OH is 1. The molecule has 0 spiro atoms. The molecule has 0 heterocycles. The molecule has 9 heteroatoms. The zero-order valence-electron chi connectivity index (χ0n) is 13.2. The van der Waals surface area contributed by atoms with Gasteiger partial charge in [0, 0.05) is 19.6 Å². The fourth-order valence-corrected chi connectivity index (χ4v) is 1.65. The summed E-state index contributed by atoms with van der Waals surface area (Å²) in [5.41, 5.74) is 0. The van der Waals surface area contributed by atoms with E-state index in [9.17, 15) is 14.4 Å².